The molecule has 3 aliphatic rings. The maximum absolute atomic E-state index is 12.6. The van der Waals surface area contributed by atoms with Gasteiger partial charge in [-0.1, -0.05) is 24.3 Å². The summed E-state index contributed by atoms with van der Waals surface area (Å²) >= 11 is 5.50. The van der Waals surface area contributed by atoms with Gasteiger partial charge in [-0.15, -0.1) is 13.2 Å². The number of nitrogens with zero attached hydrogens (tertiary/aromatic N) is 2. The van der Waals surface area contributed by atoms with Crippen molar-refractivity contribution in [1.29, 1.82) is 0 Å². The van der Waals surface area contributed by atoms with Gasteiger partial charge in [0, 0.05) is 31.2 Å². The summed E-state index contributed by atoms with van der Waals surface area (Å²) in [5.74, 6) is -0.288. The standard InChI is InChI=1S/C23H22F3N3O3S/c24-23(25,26)32-17-7-5-15(6-8-17)27-21(33)28-11-9-16(10-12-28)29-20-18-4-2-1-3-14(18)13-19(20)31-22(29)30/h1-8,16,19-20H,9-13H2,(H,27,33). The van der Waals surface area contributed by atoms with Crippen LogP contribution in [0.25, 0.3) is 0 Å². The molecular weight excluding hydrogens is 455 g/mol. The van der Waals surface area contributed by atoms with Crippen molar-refractivity contribution in [3.8, 4) is 5.75 Å². The average Bonchev–Trinajstić information content (AvgIpc) is 3.28. The third-order valence-electron chi connectivity index (χ3n) is 6.39. The van der Waals surface area contributed by atoms with E-state index in [9.17, 15) is 18.0 Å². The third-order valence-corrected chi connectivity index (χ3v) is 6.75. The summed E-state index contributed by atoms with van der Waals surface area (Å²) < 4.78 is 46.5. The second kappa shape index (κ2) is 8.40. The number of hydrogen-bond acceptors (Lipinski definition) is 4. The van der Waals surface area contributed by atoms with Crippen molar-refractivity contribution in [2.45, 2.75) is 43.8 Å². The van der Waals surface area contributed by atoms with Crippen molar-refractivity contribution in [3.05, 3.63) is 59.7 Å². The predicted octanol–water partition coefficient (Wildman–Crippen LogP) is 4.86. The van der Waals surface area contributed by atoms with Crippen LogP contribution in [-0.2, 0) is 11.2 Å². The lowest BCUT2D eigenvalue weighted by Crippen LogP contribution is -2.48. The molecule has 0 bridgehead atoms. The predicted molar refractivity (Wildman–Crippen MR) is 119 cm³/mol. The van der Waals surface area contributed by atoms with Crippen LogP contribution >= 0.6 is 12.2 Å². The topological polar surface area (TPSA) is 54.0 Å². The molecule has 2 saturated heterocycles. The highest BCUT2D eigenvalue weighted by molar-refractivity contribution is 7.80. The number of benzene rings is 2. The van der Waals surface area contributed by atoms with Gasteiger partial charge in [-0.05, 0) is 60.5 Å². The highest BCUT2D eigenvalue weighted by Crippen LogP contribution is 2.44. The molecule has 2 fully saturated rings. The fraction of sp³-hybridized carbons (Fsp3) is 0.391. The molecule has 1 amide bonds. The van der Waals surface area contributed by atoms with E-state index >= 15 is 0 Å². The minimum atomic E-state index is -4.73. The minimum Gasteiger partial charge on any atom is -0.443 e. The number of piperidine rings is 1. The molecule has 6 nitrogen and oxygen atoms in total. The smallest absolute Gasteiger partial charge is 0.443 e. The quantitative estimate of drug-likeness (QED) is 0.637. The van der Waals surface area contributed by atoms with Crippen LogP contribution in [0.1, 0.15) is 30.0 Å². The van der Waals surface area contributed by atoms with Gasteiger partial charge in [0.15, 0.2) is 5.11 Å². The van der Waals surface area contributed by atoms with E-state index in [0.29, 0.717) is 23.9 Å². The molecule has 2 atom stereocenters. The van der Waals surface area contributed by atoms with Crippen LogP contribution < -0.4 is 10.1 Å². The lowest BCUT2D eigenvalue weighted by Gasteiger charge is -2.38. The Kier molecular flexibility index (Phi) is 5.55. The Morgan fingerprint density at radius 3 is 2.48 bits per heavy atom. The number of rotatable bonds is 3. The molecule has 2 aromatic rings. The van der Waals surface area contributed by atoms with E-state index in [-0.39, 0.29) is 30.0 Å². The van der Waals surface area contributed by atoms with E-state index in [4.69, 9.17) is 17.0 Å². The van der Waals surface area contributed by atoms with E-state index in [0.717, 1.165) is 19.3 Å². The van der Waals surface area contributed by atoms with Crippen LogP contribution in [0, 0.1) is 0 Å². The second-order valence-corrected chi connectivity index (χ2v) is 8.78. The van der Waals surface area contributed by atoms with Crippen LogP contribution in [0.3, 0.4) is 0 Å². The molecule has 10 heteroatoms. The van der Waals surface area contributed by atoms with Gasteiger partial charge in [0.2, 0.25) is 0 Å². The van der Waals surface area contributed by atoms with Gasteiger partial charge in [0.05, 0.1) is 6.04 Å². The Morgan fingerprint density at radius 2 is 1.79 bits per heavy atom. The number of thiocarbonyl (C=S) groups is 1. The van der Waals surface area contributed by atoms with Crippen molar-refractivity contribution in [2.75, 3.05) is 18.4 Å². The highest BCUT2D eigenvalue weighted by atomic mass is 32.1. The zero-order valence-corrected chi connectivity index (χ0v) is 18.4. The van der Waals surface area contributed by atoms with Crippen molar-refractivity contribution in [2.24, 2.45) is 0 Å². The van der Waals surface area contributed by atoms with Crippen LogP contribution in [0.5, 0.6) is 5.75 Å². The van der Waals surface area contributed by atoms with Crippen LogP contribution in [-0.4, -0.2) is 52.6 Å². The molecule has 0 aromatic heterocycles. The van der Waals surface area contributed by atoms with Crippen LogP contribution in [0.4, 0.5) is 23.7 Å². The number of carbonyl (C=O) groups excluding carboxylic acids is 1. The second-order valence-electron chi connectivity index (χ2n) is 8.40. The number of fused-ring (bicyclic) bond motifs is 3. The van der Waals surface area contributed by atoms with Crippen molar-refractivity contribution < 1.29 is 27.4 Å². The Morgan fingerprint density at radius 1 is 1.09 bits per heavy atom. The number of nitrogens with one attached hydrogen (secondary N) is 1. The summed E-state index contributed by atoms with van der Waals surface area (Å²) in [5, 5.41) is 3.55. The molecule has 174 valence electrons. The van der Waals surface area contributed by atoms with Crippen molar-refractivity contribution in [1.82, 2.24) is 9.80 Å². The molecule has 2 heterocycles. The fourth-order valence-corrected chi connectivity index (χ4v) is 5.24. The lowest BCUT2D eigenvalue weighted by molar-refractivity contribution is -0.274. The normalized spacial score (nSPS) is 22.6. The van der Waals surface area contributed by atoms with Crippen molar-refractivity contribution >= 4 is 29.1 Å². The van der Waals surface area contributed by atoms with E-state index in [1.54, 1.807) is 0 Å². The maximum Gasteiger partial charge on any atom is 0.573 e. The molecular formula is C23H22F3N3O3S. The number of halogens is 3. The van der Waals surface area contributed by atoms with Crippen molar-refractivity contribution in [3.63, 3.8) is 0 Å². The Bertz CT molecular complexity index is 1050. The van der Waals surface area contributed by atoms with Gasteiger partial charge in [-0.2, -0.15) is 0 Å². The molecule has 2 aliphatic heterocycles. The van der Waals surface area contributed by atoms with Crippen LogP contribution in [0.15, 0.2) is 48.5 Å². The summed E-state index contributed by atoms with van der Waals surface area (Å²) in [4.78, 5) is 16.6. The van der Waals surface area contributed by atoms with Gasteiger partial charge in [-0.3, -0.25) is 4.90 Å². The lowest BCUT2D eigenvalue weighted by atomic mass is 9.99. The van der Waals surface area contributed by atoms with E-state index in [2.05, 4.69) is 22.2 Å². The maximum atomic E-state index is 12.6. The van der Waals surface area contributed by atoms with E-state index in [1.807, 2.05) is 21.9 Å². The summed E-state index contributed by atoms with van der Waals surface area (Å²) in [7, 11) is 0. The first-order chi connectivity index (χ1) is 15.8. The first-order valence-electron chi connectivity index (χ1n) is 10.8. The van der Waals surface area contributed by atoms with Gasteiger partial charge < -0.3 is 19.7 Å². The summed E-state index contributed by atoms with van der Waals surface area (Å²) in [6.07, 6.45) is -2.85. The Balaban J connectivity index is 1.18. The molecule has 1 N–H and O–H groups in total. The van der Waals surface area contributed by atoms with Gasteiger partial charge >= 0.3 is 12.5 Å². The number of likely N-dealkylation sites (tertiary alicyclic amines) is 1. The van der Waals surface area contributed by atoms with E-state index < -0.39 is 6.36 Å². The third kappa shape index (κ3) is 4.44. The van der Waals surface area contributed by atoms with Crippen LogP contribution in [0.2, 0.25) is 0 Å². The monoisotopic (exact) mass is 477 g/mol. The minimum absolute atomic E-state index is 0.0345. The number of amides is 1. The zero-order valence-electron chi connectivity index (χ0n) is 17.5. The first kappa shape index (κ1) is 21.8. The first-order valence-corrected chi connectivity index (χ1v) is 11.2. The van der Waals surface area contributed by atoms with Gasteiger partial charge in [0.1, 0.15) is 11.9 Å². The average molecular weight is 478 g/mol. The largest absolute Gasteiger partial charge is 0.573 e. The van der Waals surface area contributed by atoms with E-state index in [1.165, 1.54) is 35.4 Å². The summed E-state index contributed by atoms with van der Waals surface area (Å²) in [6.45, 7) is 1.32. The van der Waals surface area contributed by atoms with Gasteiger partial charge in [-0.25, -0.2) is 4.79 Å². The van der Waals surface area contributed by atoms with Gasteiger partial charge in [0.25, 0.3) is 0 Å². The Hall–Kier alpha value is -3.01. The highest BCUT2D eigenvalue weighted by Gasteiger charge is 2.50. The number of ether oxygens (including phenoxy) is 2. The fourth-order valence-electron chi connectivity index (χ4n) is 4.94. The zero-order chi connectivity index (χ0) is 23.2. The summed E-state index contributed by atoms with van der Waals surface area (Å²) in [6, 6.07) is 13.6. The Labute approximate surface area is 194 Å². The SMILES string of the molecule is O=C1OC2Cc3ccccc3C2N1C1CCN(C(=S)Nc2ccc(OC(F)(F)F)cc2)CC1. The molecule has 2 aromatic carbocycles. The molecule has 33 heavy (non-hydrogen) atoms. The molecule has 2 unspecified atom stereocenters. The number of hydrogen-bond donors (Lipinski definition) is 1. The molecule has 0 spiro atoms. The molecule has 0 saturated carbocycles. The number of alkyl halides is 3. The molecule has 0 radical (unpaired) electrons. The number of anilines is 1. The number of carbonyl (C=O) groups is 1. The molecule has 1 aliphatic carbocycles. The molecule has 5 rings (SSSR count). The summed E-state index contributed by atoms with van der Waals surface area (Å²) in [5.41, 5.74) is 2.98.